The summed E-state index contributed by atoms with van der Waals surface area (Å²) in [5.41, 5.74) is 4.62. The number of nitro benzene ring substituents is 1. The van der Waals surface area contributed by atoms with Gasteiger partial charge in [0, 0.05) is 12.6 Å². The first-order valence-corrected chi connectivity index (χ1v) is 6.00. The minimum atomic E-state index is -0.837. The summed E-state index contributed by atoms with van der Waals surface area (Å²) in [5.74, 6) is -1.29. The van der Waals surface area contributed by atoms with Gasteiger partial charge in [0.25, 0.3) is 11.6 Å². The van der Waals surface area contributed by atoms with Crippen molar-refractivity contribution >= 4 is 17.3 Å². The Morgan fingerprint density at radius 1 is 1.58 bits per heavy atom. The van der Waals surface area contributed by atoms with Crippen LogP contribution in [0.25, 0.3) is 0 Å². The van der Waals surface area contributed by atoms with Gasteiger partial charge >= 0.3 is 0 Å². The Morgan fingerprint density at radius 2 is 2.21 bits per heavy atom. The molecule has 0 saturated heterocycles. The number of anilines is 1. The van der Waals surface area contributed by atoms with Gasteiger partial charge in [-0.15, -0.1) is 0 Å². The molecule has 0 unspecified atom stereocenters. The topological polar surface area (TPSA) is 89.5 Å². The molecule has 1 amide bonds. The van der Waals surface area contributed by atoms with E-state index in [1.807, 2.05) is 0 Å². The molecule has 0 radical (unpaired) electrons. The second-order valence-electron chi connectivity index (χ2n) is 4.47. The zero-order valence-electron chi connectivity index (χ0n) is 10.4. The van der Waals surface area contributed by atoms with Crippen molar-refractivity contribution in [3.05, 3.63) is 33.6 Å². The van der Waals surface area contributed by atoms with E-state index in [9.17, 15) is 19.3 Å². The summed E-state index contributed by atoms with van der Waals surface area (Å²) < 4.78 is 13.4. The fraction of sp³-hybridized carbons (Fsp3) is 0.417. The number of nitrogens with two attached hydrogens (primary N) is 1. The quantitative estimate of drug-likeness (QED) is 0.513. The summed E-state index contributed by atoms with van der Waals surface area (Å²) in [6.45, 7) is 2.27. The summed E-state index contributed by atoms with van der Waals surface area (Å²) in [6, 6.07) is 1.81. The van der Waals surface area contributed by atoms with Crippen LogP contribution in [0.5, 0.6) is 0 Å². The van der Waals surface area contributed by atoms with Crippen LogP contribution in [0.4, 0.5) is 15.8 Å². The van der Waals surface area contributed by atoms with Crippen molar-refractivity contribution in [2.45, 2.75) is 25.8 Å². The molecule has 0 spiro atoms. The number of carbonyl (C=O) groups is 1. The van der Waals surface area contributed by atoms with Crippen LogP contribution < -0.4 is 5.73 Å². The Balaban J connectivity index is 2.43. The van der Waals surface area contributed by atoms with Gasteiger partial charge in [-0.25, -0.2) is 4.39 Å². The molecule has 0 heterocycles. The molecule has 0 aliphatic heterocycles. The fourth-order valence-electron chi connectivity index (χ4n) is 2.04. The number of benzene rings is 1. The molecule has 2 N–H and O–H groups in total. The van der Waals surface area contributed by atoms with Crippen LogP contribution in [0.3, 0.4) is 0 Å². The number of halogens is 1. The van der Waals surface area contributed by atoms with Crippen molar-refractivity contribution in [1.82, 2.24) is 4.90 Å². The summed E-state index contributed by atoms with van der Waals surface area (Å²) in [4.78, 5) is 23.8. The smallest absolute Gasteiger partial charge is 0.295 e. The number of nitrogen functional groups attached to an aromatic ring is 1. The van der Waals surface area contributed by atoms with Crippen LogP contribution in [0.2, 0.25) is 0 Å². The second kappa shape index (κ2) is 4.83. The van der Waals surface area contributed by atoms with E-state index >= 15 is 0 Å². The molecular weight excluding hydrogens is 253 g/mol. The van der Waals surface area contributed by atoms with E-state index < -0.39 is 22.3 Å². The zero-order chi connectivity index (χ0) is 14.2. The van der Waals surface area contributed by atoms with Crippen molar-refractivity contribution in [2.24, 2.45) is 0 Å². The van der Waals surface area contributed by atoms with Crippen molar-refractivity contribution in [1.29, 1.82) is 0 Å². The highest BCUT2D eigenvalue weighted by molar-refractivity contribution is 6.01. The van der Waals surface area contributed by atoms with Gasteiger partial charge < -0.3 is 10.6 Å². The second-order valence-corrected chi connectivity index (χ2v) is 4.47. The number of hydrogen-bond acceptors (Lipinski definition) is 4. The first-order chi connectivity index (χ1) is 8.95. The molecule has 7 heteroatoms. The Kier molecular flexibility index (Phi) is 3.37. The Hall–Kier alpha value is -2.18. The van der Waals surface area contributed by atoms with E-state index in [-0.39, 0.29) is 17.3 Å². The van der Waals surface area contributed by atoms with Crippen LogP contribution >= 0.6 is 0 Å². The zero-order valence-corrected chi connectivity index (χ0v) is 10.4. The fourth-order valence-corrected chi connectivity index (χ4v) is 2.04. The van der Waals surface area contributed by atoms with E-state index in [0.29, 0.717) is 6.54 Å². The number of rotatable bonds is 4. The lowest BCUT2D eigenvalue weighted by molar-refractivity contribution is -0.384. The van der Waals surface area contributed by atoms with Crippen molar-refractivity contribution in [2.75, 3.05) is 12.3 Å². The minimum absolute atomic E-state index is 0.138. The van der Waals surface area contributed by atoms with Gasteiger partial charge in [0.15, 0.2) is 0 Å². The first kappa shape index (κ1) is 13.3. The molecule has 1 aliphatic rings. The first-order valence-electron chi connectivity index (χ1n) is 6.00. The van der Waals surface area contributed by atoms with E-state index in [1.165, 1.54) is 0 Å². The molecule has 1 saturated carbocycles. The van der Waals surface area contributed by atoms with E-state index in [1.54, 1.807) is 11.8 Å². The third-order valence-electron chi connectivity index (χ3n) is 3.14. The Labute approximate surface area is 109 Å². The highest BCUT2D eigenvalue weighted by Crippen LogP contribution is 2.32. The minimum Gasteiger partial charge on any atom is -0.393 e. The Morgan fingerprint density at radius 3 is 2.68 bits per heavy atom. The molecule has 0 aromatic heterocycles. The monoisotopic (exact) mass is 267 g/mol. The molecule has 0 bridgehead atoms. The van der Waals surface area contributed by atoms with Gasteiger partial charge in [-0.1, -0.05) is 0 Å². The number of nitro groups is 1. The number of nitrogens with zero attached hydrogens (tertiary/aromatic N) is 2. The molecule has 1 aromatic rings. The standard InChI is InChI=1S/C12H14FN3O3/c1-2-15(8-3-4-8)12(17)9-5-7(13)6-10(11(9)14)16(18)19/h5-6,8H,2-4,14H2,1H3. The van der Waals surface area contributed by atoms with Gasteiger partial charge in [0.05, 0.1) is 16.6 Å². The third kappa shape index (κ3) is 2.49. The lowest BCUT2D eigenvalue weighted by Gasteiger charge is -2.21. The Bertz CT molecular complexity index is 543. The van der Waals surface area contributed by atoms with Crippen molar-refractivity contribution in [3.63, 3.8) is 0 Å². The summed E-state index contributed by atoms with van der Waals surface area (Å²) in [6.07, 6.45) is 1.80. The molecule has 1 aromatic carbocycles. The lowest BCUT2D eigenvalue weighted by atomic mass is 10.1. The van der Waals surface area contributed by atoms with E-state index in [4.69, 9.17) is 5.73 Å². The summed E-state index contributed by atoms with van der Waals surface area (Å²) in [5, 5.41) is 10.8. The lowest BCUT2D eigenvalue weighted by Crippen LogP contribution is -2.33. The predicted molar refractivity (Wildman–Crippen MR) is 67.2 cm³/mol. The van der Waals surface area contributed by atoms with E-state index in [2.05, 4.69) is 0 Å². The molecule has 1 fully saturated rings. The third-order valence-corrected chi connectivity index (χ3v) is 3.14. The van der Waals surface area contributed by atoms with Crippen LogP contribution in [-0.2, 0) is 0 Å². The van der Waals surface area contributed by atoms with Crippen LogP contribution in [0, 0.1) is 15.9 Å². The van der Waals surface area contributed by atoms with Crippen LogP contribution in [-0.4, -0.2) is 28.3 Å². The van der Waals surface area contributed by atoms with Gasteiger partial charge in [-0.05, 0) is 25.8 Å². The molecule has 19 heavy (non-hydrogen) atoms. The average Bonchev–Trinajstić information content (AvgIpc) is 3.16. The number of carbonyl (C=O) groups excluding carboxylic acids is 1. The SMILES string of the molecule is CCN(C(=O)c1cc(F)cc([N+](=O)[O-])c1N)C1CC1. The largest absolute Gasteiger partial charge is 0.393 e. The van der Waals surface area contributed by atoms with E-state index in [0.717, 1.165) is 25.0 Å². The van der Waals surface area contributed by atoms with Gasteiger partial charge in [0.2, 0.25) is 0 Å². The van der Waals surface area contributed by atoms with Crippen molar-refractivity contribution in [3.8, 4) is 0 Å². The number of hydrogen-bond donors (Lipinski definition) is 1. The molecule has 102 valence electrons. The van der Waals surface area contributed by atoms with Gasteiger partial charge in [-0.3, -0.25) is 14.9 Å². The van der Waals surface area contributed by atoms with Crippen molar-refractivity contribution < 1.29 is 14.1 Å². The maximum Gasteiger partial charge on any atom is 0.295 e. The number of amides is 1. The van der Waals surface area contributed by atoms with Gasteiger partial charge in [-0.2, -0.15) is 0 Å². The molecule has 0 atom stereocenters. The predicted octanol–water partition coefficient (Wildman–Crippen LogP) is 1.94. The van der Waals surface area contributed by atoms with Crippen LogP contribution in [0.1, 0.15) is 30.1 Å². The highest BCUT2D eigenvalue weighted by atomic mass is 19.1. The average molecular weight is 267 g/mol. The summed E-state index contributed by atoms with van der Waals surface area (Å²) >= 11 is 0. The van der Waals surface area contributed by atoms with Gasteiger partial charge in [0.1, 0.15) is 11.5 Å². The molecular formula is C12H14FN3O3. The maximum absolute atomic E-state index is 13.4. The highest BCUT2D eigenvalue weighted by Gasteiger charge is 2.34. The van der Waals surface area contributed by atoms with Crippen LogP contribution in [0.15, 0.2) is 12.1 Å². The molecule has 6 nitrogen and oxygen atoms in total. The molecule has 2 rings (SSSR count). The summed E-state index contributed by atoms with van der Waals surface area (Å²) in [7, 11) is 0. The normalized spacial score (nSPS) is 14.2. The molecule has 1 aliphatic carbocycles. The maximum atomic E-state index is 13.4.